The molecule has 10 heteroatoms. The van der Waals surface area contributed by atoms with Crippen LogP contribution in [0.2, 0.25) is 0 Å². The van der Waals surface area contributed by atoms with Crippen molar-refractivity contribution in [2.24, 2.45) is 0 Å². The van der Waals surface area contributed by atoms with E-state index in [4.69, 9.17) is 5.11 Å². The fraction of sp³-hybridized carbons (Fsp3) is 0.345. The highest BCUT2D eigenvalue weighted by molar-refractivity contribution is 5.91. The molecule has 1 aliphatic carbocycles. The summed E-state index contributed by atoms with van der Waals surface area (Å²) in [4.78, 5) is 12.3. The van der Waals surface area contributed by atoms with E-state index in [1.54, 1.807) is 0 Å². The van der Waals surface area contributed by atoms with Crippen molar-refractivity contribution in [1.82, 2.24) is 0 Å². The quantitative estimate of drug-likeness (QED) is 0.179. The molecule has 4 nitrogen and oxygen atoms in total. The number of hydrogen-bond donors (Lipinski definition) is 2. The van der Waals surface area contributed by atoms with E-state index in [-0.39, 0.29) is 22.6 Å². The number of hydrogen-bond acceptors (Lipinski definition) is 4. The maximum absolute atomic E-state index is 15.0. The first kappa shape index (κ1) is 28.5. The highest BCUT2D eigenvalue weighted by Crippen LogP contribution is 2.43. The van der Waals surface area contributed by atoms with Crippen LogP contribution in [0.5, 0.6) is 11.5 Å². The van der Waals surface area contributed by atoms with Gasteiger partial charge in [0, 0.05) is 5.56 Å². The van der Waals surface area contributed by atoms with E-state index in [9.17, 15) is 36.2 Å². The van der Waals surface area contributed by atoms with Gasteiger partial charge < -0.3 is 14.9 Å². The van der Waals surface area contributed by atoms with Gasteiger partial charge in [0.1, 0.15) is 0 Å². The predicted molar refractivity (Wildman–Crippen MR) is 130 cm³/mol. The molecule has 4 rings (SSSR count). The molecule has 0 aromatic heterocycles. The molecule has 0 saturated heterocycles. The number of halogens is 6. The summed E-state index contributed by atoms with van der Waals surface area (Å²) in [5, 5.41) is 19.2. The number of benzene rings is 3. The number of ether oxygens (including phenoxy) is 1. The number of phenolic OH excluding ortho intramolecular Hbond substituents is 1. The van der Waals surface area contributed by atoms with Crippen LogP contribution in [0.4, 0.5) is 26.3 Å². The Morgan fingerprint density at radius 3 is 1.95 bits per heavy atom. The Balaban J connectivity index is 1.47. The number of aromatic hydroxyl groups is 1. The molecule has 1 aliphatic rings. The van der Waals surface area contributed by atoms with Crippen LogP contribution in [0.25, 0.3) is 0 Å². The maximum atomic E-state index is 15.0. The van der Waals surface area contributed by atoms with Gasteiger partial charge in [0.2, 0.25) is 11.6 Å². The van der Waals surface area contributed by atoms with Gasteiger partial charge in [-0.25, -0.2) is 22.4 Å². The van der Waals surface area contributed by atoms with Gasteiger partial charge in [-0.3, -0.25) is 0 Å². The van der Waals surface area contributed by atoms with Crippen molar-refractivity contribution in [2.75, 3.05) is 0 Å². The van der Waals surface area contributed by atoms with Gasteiger partial charge in [0.15, 0.2) is 34.8 Å². The summed E-state index contributed by atoms with van der Waals surface area (Å²) in [6.45, 7) is 1.82. The zero-order valence-electron chi connectivity index (χ0n) is 20.9. The Morgan fingerprint density at radius 1 is 0.795 bits per heavy atom. The molecule has 3 aromatic rings. The van der Waals surface area contributed by atoms with Gasteiger partial charge in [-0.05, 0) is 73.3 Å². The number of aliphatic hydroxyl groups is 1. The summed E-state index contributed by atoms with van der Waals surface area (Å²) in [6.07, 6.45) is 1.21. The third-order valence-corrected chi connectivity index (χ3v) is 7.23. The lowest BCUT2D eigenvalue weighted by Crippen LogP contribution is -2.18. The Bertz CT molecular complexity index is 1380. The predicted octanol–water partition coefficient (Wildman–Crippen LogP) is 7.72. The van der Waals surface area contributed by atoms with Crippen molar-refractivity contribution in [1.29, 1.82) is 0 Å². The largest absolute Gasteiger partial charge is 0.505 e. The van der Waals surface area contributed by atoms with Crippen molar-refractivity contribution < 1.29 is 46.1 Å². The number of carbonyl (C=O) groups is 1. The van der Waals surface area contributed by atoms with Crippen molar-refractivity contribution in [3.8, 4) is 11.5 Å². The smallest absolute Gasteiger partial charge is 0.346 e. The van der Waals surface area contributed by atoms with Gasteiger partial charge in [0.05, 0.1) is 11.7 Å². The maximum Gasteiger partial charge on any atom is 0.346 e. The topological polar surface area (TPSA) is 66.8 Å². The van der Waals surface area contributed by atoms with Crippen molar-refractivity contribution in [3.63, 3.8) is 0 Å². The molecule has 1 saturated carbocycles. The third kappa shape index (κ3) is 5.61. The number of phenols is 1. The number of rotatable bonds is 7. The standard InChI is InChI=1S/C29H26F6O4/c1-2-3-20(36)18-10-8-16(23(30)25(18)32)14-4-6-15(7-5-14)17-9-11-19(26(33)24(17)31)29(38)39-22-13-12-21(37)27(34)28(22)35/h8-15,20,36-37H,2-7H2,1H3. The minimum Gasteiger partial charge on any atom is -0.505 e. The molecule has 0 spiro atoms. The fourth-order valence-corrected chi connectivity index (χ4v) is 5.09. The van der Waals surface area contributed by atoms with Gasteiger partial charge >= 0.3 is 5.97 Å². The summed E-state index contributed by atoms with van der Waals surface area (Å²) >= 11 is 0. The Kier molecular flexibility index (Phi) is 8.54. The average molecular weight is 553 g/mol. The average Bonchev–Trinajstić information content (AvgIpc) is 2.92. The normalized spacial score (nSPS) is 18.2. The van der Waals surface area contributed by atoms with E-state index in [1.165, 1.54) is 18.2 Å². The number of aliphatic hydroxyl groups excluding tert-OH is 1. The van der Waals surface area contributed by atoms with E-state index in [1.807, 2.05) is 6.92 Å². The summed E-state index contributed by atoms with van der Waals surface area (Å²) in [5.74, 6) is -12.4. The molecular formula is C29H26F6O4. The summed E-state index contributed by atoms with van der Waals surface area (Å²) < 4.78 is 91.3. The molecule has 2 N–H and O–H groups in total. The number of esters is 1. The lowest BCUT2D eigenvalue weighted by molar-refractivity contribution is 0.0720. The molecule has 0 heterocycles. The van der Waals surface area contributed by atoms with Crippen LogP contribution in [-0.2, 0) is 0 Å². The minimum absolute atomic E-state index is 0.00551. The van der Waals surface area contributed by atoms with Gasteiger partial charge in [-0.1, -0.05) is 31.5 Å². The molecular weight excluding hydrogens is 526 g/mol. The van der Waals surface area contributed by atoms with Crippen LogP contribution >= 0.6 is 0 Å². The SMILES string of the molecule is CCCC(O)c1ccc(C2CCC(c3ccc(C(=O)Oc4ccc(O)c(F)c4F)c(F)c3F)CC2)c(F)c1F. The lowest BCUT2D eigenvalue weighted by atomic mass is 9.75. The molecule has 1 atom stereocenters. The molecule has 39 heavy (non-hydrogen) atoms. The van der Waals surface area contributed by atoms with Crippen LogP contribution in [-0.4, -0.2) is 16.2 Å². The third-order valence-electron chi connectivity index (χ3n) is 7.23. The highest BCUT2D eigenvalue weighted by Gasteiger charge is 2.31. The molecule has 208 valence electrons. The fourth-order valence-electron chi connectivity index (χ4n) is 5.09. The lowest BCUT2D eigenvalue weighted by Gasteiger charge is -2.30. The van der Waals surface area contributed by atoms with Crippen molar-refractivity contribution in [2.45, 2.75) is 63.4 Å². The summed E-state index contributed by atoms with van der Waals surface area (Å²) in [5.41, 5.74) is -0.767. The zero-order chi connectivity index (χ0) is 28.4. The summed E-state index contributed by atoms with van der Waals surface area (Å²) in [6, 6.07) is 6.53. The number of carbonyl (C=O) groups excluding carboxylic acids is 1. The molecule has 0 radical (unpaired) electrons. The van der Waals surface area contributed by atoms with Gasteiger partial charge in [0.25, 0.3) is 0 Å². The Morgan fingerprint density at radius 2 is 1.36 bits per heavy atom. The van der Waals surface area contributed by atoms with Crippen LogP contribution < -0.4 is 4.74 Å². The molecule has 0 amide bonds. The van der Waals surface area contributed by atoms with Gasteiger partial charge in [-0.2, -0.15) is 8.78 Å². The first-order valence-corrected chi connectivity index (χ1v) is 12.6. The second kappa shape index (κ2) is 11.7. The molecule has 1 fully saturated rings. The van der Waals surface area contributed by atoms with Crippen LogP contribution in [0.1, 0.15) is 90.4 Å². The zero-order valence-corrected chi connectivity index (χ0v) is 20.9. The second-order valence-corrected chi connectivity index (χ2v) is 9.66. The summed E-state index contributed by atoms with van der Waals surface area (Å²) in [7, 11) is 0. The van der Waals surface area contributed by atoms with Crippen LogP contribution in [0.3, 0.4) is 0 Å². The second-order valence-electron chi connectivity index (χ2n) is 9.66. The van der Waals surface area contributed by atoms with E-state index >= 15 is 0 Å². The molecule has 0 aliphatic heterocycles. The monoisotopic (exact) mass is 552 g/mol. The highest BCUT2D eigenvalue weighted by atomic mass is 19.2. The van der Waals surface area contributed by atoms with E-state index in [2.05, 4.69) is 4.74 Å². The first-order valence-electron chi connectivity index (χ1n) is 12.6. The molecule has 3 aromatic carbocycles. The van der Waals surface area contributed by atoms with E-state index in [0.29, 0.717) is 38.5 Å². The molecule has 0 bridgehead atoms. The van der Waals surface area contributed by atoms with Crippen molar-refractivity contribution in [3.05, 3.63) is 93.6 Å². The van der Waals surface area contributed by atoms with Crippen LogP contribution in [0.15, 0.2) is 36.4 Å². The van der Waals surface area contributed by atoms with Crippen molar-refractivity contribution >= 4 is 5.97 Å². The Labute approximate surface area is 220 Å². The van der Waals surface area contributed by atoms with E-state index < -0.39 is 70.0 Å². The minimum atomic E-state index is -1.67. The Hall–Kier alpha value is -3.53. The molecule has 1 unspecified atom stereocenters. The van der Waals surface area contributed by atoms with E-state index in [0.717, 1.165) is 18.2 Å². The first-order chi connectivity index (χ1) is 18.5. The van der Waals surface area contributed by atoms with Crippen LogP contribution in [0, 0.1) is 34.9 Å². The van der Waals surface area contributed by atoms with Gasteiger partial charge in [-0.15, -0.1) is 0 Å².